The molecule has 0 bridgehead atoms. The predicted octanol–water partition coefficient (Wildman–Crippen LogP) is 5.43. The van der Waals surface area contributed by atoms with Crippen molar-refractivity contribution in [2.24, 2.45) is 5.92 Å². The summed E-state index contributed by atoms with van der Waals surface area (Å²) < 4.78 is 0. The van der Waals surface area contributed by atoms with E-state index in [2.05, 4.69) is 34.6 Å². The first-order chi connectivity index (χ1) is 9.27. The van der Waals surface area contributed by atoms with Crippen molar-refractivity contribution in [1.29, 1.82) is 0 Å². The monoisotopic (exact) mass is 292 g/mol. The Hall–Kier alpha value is -1.22. The zero-order valence-corrected chi connectivity index (χ0v) is 14.0. The van der Waals surface area contributed by atoms with Gasteiger partial charge in [-0.2, -0.15) is 0 Å². The van der Waals surface area contributed by atoms with E-state index in [0.717, 1.165) is 16.9 Å². The summed E-state index contributed by atoms with van der Waals surface area (Å²) in [6, 6.07) is 3.54. The molecule has 0 heterocycles. The van der Waals surface area contributed by atoms with Gasteiger partial charge < -0.3 is 5.11 Å². The molecule has 110 valence electrons. The Bertz CT molecular complexity index is 542. The normalized spacial score (nSPS) is 12.6. The molecule has 0 atom stereocenters. The molecule has 1 aromatic carbocycles. The second-order valence-corrected chi connectivity index (χ2v) is 6.56. The third-order valence-corrected chi connectivity index (χ3v) is 5.25. The van der Waals surface area contributed by atoms with Crippen LogP contribution >= 0.6 is 11.8 Å². The number of carboxylic acid groups (broad SMARTS) is 1. The lowest BCUT2D eigenvalue weighted by Crippen LogP contribution is -2.00. The smallest absolute Gasteiger partial charge is 0.335 e. The molecule has 3 heteroatoms. The minimum absolute atomic E-state index is 0.368. The molecule has 0 unspecified atom stereocenters. The average Bonchev–Trinajstić information content (AvgIpc) is 2.38. The van der Waals surface area contributed by atoms with Crippen molar-refractivity contribution in [3.63, 3.8) is 0 Å². The summed E-state index contributed by atoms with van der Waals surface area (Å²) in [5.74, 6) is -0.412. The third kappa shape index (κ3) is 3.89. The first kappa shape index (κ1) is 16.8. The van der Waals surface area contributed by atoms with E-state index in [4.69, 9.17) is 0 Å². The number of aryl methyl sites for hydroxylation is 1. The molecule has 0 spiro atoms. The molecule has 0 aliphatic carbocycles. The van der Waals surface area contributed by atoms with Gasteiger partial charge in [-0.3, -0.25) is 0 Å². The molecule has 0 aliphatic rings. The number of thioether (sulfide) groups is 1. The Kier molecular flexibility index (Phi) is 5.88. The molecule has 0 aromatic heterocycles. The number of carbonyl (C=O) groups is 1. The van der Waals surface area contributed by atoms with Crippen molar-refractivity contribution in [3.8, 4) is 0 Å². The van der Waals surface area contributed by atoms with E-state index in [1.807, 2.05) is 6.92 Å². The van der Waals surface area contributed by atoms with Crippen LogP contribution in [-0.2, 0) is 0 Å². The van der Waals surface area contributed by atoms with Gasteiger partial charge in [0.1, 0.15) is 0 Å². The third-order valence-electron chi connectivity index (χ3n) is 3.56. The van der Waals surface area contributed by atoms with E-state index >= 15 is 0 Å². The van der Waals surface area contributed by atoms with Crippen molar-refractivity contribution in [2.75, 3.05) is 0 Å². The number of aromatic carboxylic acids is 1. The predicted molar refractivity (Wildman–Crippen MR) is 86.6 cm³/mol. The first-order valence-corrected chi connectivity index (χ1v) is 7.81. The largest absolute Gasteiger partial charge is 0.478 e. The van der Waals surface area contributed by atoms with Crippen molar-refractivity contribution >= 4 is 17.7 Å². The minimum atomic E-state index is -0.864. The van der Waals surface area contributed by atoms with Gasteiger partial charge in [-0.05, 0) is 61.3 Å². The molecule has 2 nitrogen and oxygen atoms in total. The Morgan fingerprint density at radius 3 is 2.35 bits per heavy atom. The zero-order valence-electron chi connectivity index (χ0n) is 13.2. The second kappa shape index (κ2) is 6.98. The highest BCUT2D eigenvalue weighted by Gasteiger charge is 2.14. The Balaban J connectivity index is 3.29. The summed E-state index contributed by atoms with van der Waals surface area (Å²) in [5, 5.41) is 9.20. The topological polar surface area (TPSA) is 37.3 Å². The van der Waals surface area contributed by atoms with E-state index in [1.165, 1.54) is 16.0 Å². The lowest BCUT2D eigenvalue weighted by molar-refractivity contribution is 0.0696. The van der Waals surface area contributed by atoms with Crippen LogP contribution in [0.15, 0.2) is 27.5 Å². The standard InChI is InChI=1S/C17H24O2S/c1-7-11(4)16(10(2)3)20-15-9-14(17(18)19)8-12(5)13(15)6/h8-10H,7H2,1-6H3,(H,18,19). The number of hydrogen-bond donors (Lipinski definition) is 1. The summed E-state index contributed by atoms with van der Waals surface area (Å²) in [4.78, 5) is 13.6. The van der Waals surface area contributed by atoms with Crippen molar-refractivity contribution in [3.05, 3.63) is 39.3 Å². The molecule has 0 aliphatic heterocycles. The number of carboxylic acids is 1. The Morgan fingerprint density at radius 2 is 1.90 bits per heavy atom. The minimum Gasteiger partial charge on any atom is -0.478 e. The average molecular weight is 292 g/mol. The van der Waals surface area contributed by atoms with Gasteiger partial charge in [-0.15, -0.1) is 0 Å². The molecular weight excluding hydrogens is 268 g/mol. The quantitative estimate of drug-likeness (QED) is 0.735. The number of allylic oxidation sites excluding steroid dienone is 2. The van der Waals surface area contributed by atoms with E-state index < -0.39 is 5.97 Å². The Labute approximate surface area is 126 Å². The van der Waals surface area contributed by atoms with Crippen molar-refractivity contribution < 1.29 is 9.90 Å². The van der Waals surface area contributed by atoms with E-state index in [0.29, 0.717) is 11.5 Å². The lowest BCUT2D eigenvalue weighted by atomic mass is 10.1. The Morgan fingerprint density at radius 1 is 1.30 bits per heavy atom. The summed E-state index contributed by atoms with van der Waals surface area (Å²) in [6.07, 6.45) is 1.02. The van der Waals surface area contributed by atoms with Crippen LogP contribution in [0, 0.1) is 19.8 Å². The fourth-order valence-electron chi connectivity index (χ4n) is 2.05. The maximum absolute atomic E-state index is 11.2. The van der Waals surface area contributed by atoms with Crippen molar-refractivity contribution in [1.82, 2.24) is 0 Å². The molecule has 0 amide bonds. The summed E-state index contributed by atoms with van der Waals surface area (Å²) in [5.41, 5.74) is 3.95. The van der Waals surface area contributed by atoms with Crippen LogP contribution in [0.2, 0.25) is 0 Å². The first-order valence-electron chi connectivity index (χ1n) is 6.99. The highest BCUT2D eigenvalue weighted by molar-refractivity contribution is 8.03. The fraction of sp³-hybridized carbons (Fsp3) is 0.471. The van der Waals surface area contributed by atoms with Crippen LogP contribution in [0.4, 0.5) is 0 Å². The van der Waals surface area contributed by atoms with Crippen molar-refractivity contribution in [2.45, 2.75) is 52.9 Å². The number of hydrogen-bond acceptors (Lipinski definition) is 2. The molecular formula is C17H24O2S. The van der Waals surface area contributed by atoms with Crippen LogP contribution in [0.25, 0.3) is 0 Å². The van der Waals surface area contributed by atoms with Gasteiger partial charge in [0.05, 0.1) is 5.56 Å². The molecule has 0 fully saturated rings. The van der Waals surface area contributed by atoms with Gasteiger partial charge in [0.15, 0.2) is 0 Å². The molecule has 0 saturated heterocycles. The number of rotatable bonds is 5. The summed E-state index contributed by atoms with van der Waals surface area (Å²) in [6.45, 7) is 12.7. The van der Waals surface area contributed by atoms with Gasteiger partial charge in [0.25, 0.3) is 0 Å². The zero-order chi connectivity index (χ0) is 15.4. The van der Waals surface area contributed by atoms with E-state index in [9.17, 15) is 9.90 Å². The van der Waals surface area contributed by atoms with Gasteiger partial charge in [0, 0.05) is 4.90 Å². The molecule has 20 heavy (non-hydrogen) atoms. The second-order valence-electron chi connectivity index (χ2n) is 5.48. The summed E-state index contributed by atoms with van der Waals surface area (Å²) >= 11 is 1.72. The molecule has 1 aromatic rings. The van der Waals surface area contributed by atoms with Gasteiger partial charge in [-0.1, -0.05) is 38.1 Å². The SMILES string of the molecule is CCC(C)=C(Sc1cc(C(=O)O)cc(C)c1C)C(C)C. The van der Waals surface area contributed by atoms with Gasteiger partial charge in [-0.25, -0.2) is 4.79 Å². The van der Waals surface area contributed by atoms with Gasteiger partial charge in [0.2, 0.25) is 0 Å². The van der Waals surface area contributed by atoms with E-state index in [-0.39, 0.29) is 0 Å². The van der Waals surface area contributed by atoms with Crippen LogP contribution < -0.4 is 0 Å². The van der Waals surface area contributed by atoms with E-state index in [1.54, 1.807) is 23.9 Å². The van der Waals surface area contributed by atoms with Crippen LogP contribution in [0.3, 0.4) is 0 Å². The molecule has 0 saturated carbocycles. The molecule has 0 radical (unpaired) electrons. The van der Waals surface area contributed by atoms with Crippen LogP contribution in [-0.4, -0.2) is 11.1 Å². The maximum Gasteiger partial charge on any atom is 0.335 e. The molecule has 1 N–H and O–H groups in total. The number of benzene rings is 1. The van der Waals surface area contributed by atoms with Gasteiger partial charge >= 0.3 is 5.97 Å². The molecule has 1 rings (SSSR count). The lowest BCUT2D eigenvalue weighted by Gasteiger charge is -2.17. The fourth-order valence-corrected chi connectivity index (χ4v) is 3.34. The maximum atomic E-state index is 11.2. The summed E-state index contributed by atoms with van der Waals surface area (Å²) in [7, 11) is 0. The highest BCUT2D eigenvalue weighted by atomic mass is 32.2. The highest BCUT2D eigenvalue weighted by Crippen LogP contribution is 2.38. The van der Waals surface area contributed by atoms with Crippen LogP contribution in [0.1, 0.15) is 55.6 Å². The van der Waals surface area contributed by atoms with Crippen LogP contribution in [0.5, 0.6) is 0 Å².